The SMILES string of the molecule is COC(=O)C1(NC(=O)C2CNCC(C)(C)C2)CCC(C(F)F)CC1. The van der Waals surface area contributed by atoms with E-state index in [1.54, 1.807) is 0 Å². The van der Waals surface area contributed by atoms with Crippen molar-refractivity contribution in [3.8, 4) is 0 Å². The van der Waals surface area contributed by atoms with Gasteiger partial charge in [-0.25, -0.2) is 13.6 Å². The van der Waals surface area contributed by atoms with E-state index in [9.17, 15) is 18.4 Å². The molecule has 1 aliphatic carbocycles. The number of hydrogen-bond acceptors (Lipinski definition) is 4. The predicted molar refractivity (Wildman–Crippen MR) is 85.6 cm³/mol. The average molecular weight is 346 g/mol. The van der Waals surface area contributed by atoms with Gasteiger partial charge in [-0.3, -0.25) is 4.79 Å². The highest BCUT2D eigenvalue weighted by atomic mass is 19.3. The molecule has 24 heavy (non-hydrogen) atoms. The molecule has 0 bridgehead atoms. The zero-order chi connectivity index (χ0) is 18.0. The van der Waals surface area contributed by atoms with Crippen molar-refractivity contribution in [2.24, 2.45) is 17.3 Å². The molecule has 2 aliphatic rings. The maximum absolute atomic E-state index is 12.9. The number of halogens is 2. The molecule has 2 fully saturated rings. The second kappa shape index (κ2) is 7.33. The Morgan fingerprint density at radius 3 is 2.38 bits per heavy atom. The Balaban J connectivity index is 2.07. The highest BCUT2D eigenvalue weighted by Gasteiger charge is 2.47. The number of alkyl halides is 2. The molecule has 0 aromatic carbocycles. The van der Waals surface area contributed by atoms with Gasteiger partial charge in [0.05, 0.1) is 13.0 Å². The van der Waals surface area contributed by atoms with Gasteiger partial charge >= 0.3 is 5.97 Å². The molecule has 1 amide bonds. The van der Waals surface area contributed by atoms with Crippen LogP contribution >= 0.6 is 0 Å². The van der Waals surface area contributed by atoms with Crippen LogP contribution < -0.4 is 10.6 Å². The van der Waals surface area contributed by atoms with E-state index >= 15 is 0 Å². The van der Waals surface area contributed by atoms with Gasteiger partial charge in [-0.15, -0.1) is 0 Å². The maximum atomic E-state index is 12.9. The zero-order valence-corrected chi connectivity index (χ0v) is 14.7. The Hall–Kier alpha value is -1.24. The van der Waals surface area contributed by atoms with Crippen LogP contribution in [0.25, 0.3) is 0 Å². The van der Waals surface area contributed by atoms with Crippen LogP contribution in [-0.2, 0) is 14.3 Å². The smallest absolute Gasteiger partial charge is 0.331 e. The van der Waals surface area contributed by atoms with Gasteiger partial charge in [0.1, 0.15) is 5.54 Å². The predicted octanol–water partition coefficient (Wildman–Crippen LogP) is 2.11. The molecule has 0 aromatic rings. The van der Waals surface area contributed by atoms with E-state index in [1.165, 1.54) is 7.11 Å². The standard InChI is InChI=1S/C17H28F2N2O3/c1-16(2)8-12(9-20-10-16)14(22)21-17(15(23)24-3)6-4-11(5-7-17)13(18)19/h11-13,20H,4-10H2,1-3H3,(H,21,22). The number of amides is 1. The van der Waals surface area contributed by atoms with Gasteiger partial charge in [0.25, 0.3) is 0 Å². The van der Waals surface area contributed by atoms with Gasteiger partial charge < -0.3 is 15.4 Å². The summed E-state index contributed by atoms with van der Waals surface area (Å²) in [5, 5.41) is 6.10. The summed E-state index contributed by atoms with van der Waals surface area (Å²) in [7, 11) is 1.26. The Morgan fingerprint density at radius 2 is 1.88 bits per heavy atom. The van der Waals surface area contributed by atoms with Crippen molar-refractivity contribution in [3.05, 3.63) is 0 Å². The summed E-state index contributed by atoms with van der Waals surface area (Å²) in [6.07, 6.45) is -0.848. The van der Waals surface area contributed by atoms with Gasteiger partial charge in [-0.2, -0.15) is 0 Å². The lowest BCUT2D eigenvalue weighted by Crippen LogP contribution is -2.60. The average Bonchev–Trinajstić information content (AvgIpc) is 2.53. The molecule has 1 atom stereocenters. The lowest BCUT2D eigenvalue weighted by molar-refractivity contribution is -0.154. The fraction of sp³-hybridized carbons (Fsp3) is 0.882. The molecule has 1 saturated heterocycles. The fourth-order valence-corrected chi connectivity index (χ4v) is 3.88. The number of methoxy groups -OCH3 is 1. The van der Waals surface area contributed by atoms with E-state index in [0.717, 1.165) is 13.0 Å². The number of rotatable bonds is 4. The number of hydrogen-bond donors (Lipinski definition) is 2. The Labute approximate surface area is 141 Å². The quantitative estimate of drug-likeness (QED) is 0.765. The van der Waals surface area contributed by atoms with Gasteiger partial charge in [0.2, 0.25) is 12.3 Å². The molecule has 7 heteroatoms. The van der Waals surface area contributed by atoms with E-state index in [0.29, 0.717) is 6.54 Å². The van der Waals surface area contributed by atoms with Gasteiger partial charge in [-0.05, 0) is 37.5 Å². The molecule has 1 unspecified atom stereocenters. The molecule has 0 radical (unpaired) electrons. The minimum atomic E-state index is -2.39. The van der Waals surface area contributed by atoms with Crippen LogP contribution in [0.2, 0.25) is 0 Å². The molecule has 5 nitrogen and oxygen atoms in total. The summed E-state index contributed by atoms with van der Waals surface area (Å²) in [6, 6.07) is 0. The van der Waals surface area contributed by atoms with Crippen LogP contribution in [0.15, 0.2) is 0 Å². The van der Waals surface area contributed by atoms with Gasteiger partial charge in [-0.1, -0.05) is 13.8 Å². The fourth-order valence-electron chi connectivity index (χ4n) is 3.88. The summed E-state index contributed by atoms with van der Waals surface area (Å²) in [5.41, 5.74) is -1.16. The molecule has 2 rings (SSSR count). The maximum Gasteiger partial charge on any atom is 0.331 e. The topological polar surface area (TPSA) is 67.4 Å². The first-order valence-corrected chi connectivity index (χ1v) is 8.58. The Morgan fingerprint density at radius 1 is 1.25 bits per heavy atom. The number of esters is 1. The molecule has 0 spiro atoms. The van der Waals surface area contributed by atoms with Crippen molar-refractivity contribution in [2.45, 2.75) is 57.9 Å². The lowest BCUT2D eigenvalue weighted by Gasteiger charge is -2.41. The zero-order valence-electron chi connectivity index (χ0n) is 14.7. The normalized spacial score (nSPS) is 33.1. The highest BCUT2D eigenvalue weighted by Crippen LogP contribution is 2.37. The van der Waals surface area contributed by atoms with Crippen molar-refractivity contribution >= 4 is 11.9 Å². The van der Waals surface area contributed by atoms with Crippen LogP contribution in [0.5, 0.6) is 0 Å². The van der Waals surface area contributed by atoms with Crippen molar-refractivity contribution in [1.29, 1.82) is 0 Å². The summed E-state index contributed by atoms with van der Waals surface area (Å²) >= 11 is 0. The molecule has 1 saturated carbocycles. The minimum absolute atomic E-state index is 0.00597. The van der Waals surface area contributed by atoms with Gasteiger partial charge in [0.15, 0.2) is 0 Å². The van der Waals surface area contributed by atoms with Gasteiger partial charge in [0, 0.05) is 19.0 Å². The van der Waals surface area contributed by atoms with Crippen molar-refractivity contribution < 1.29 is 23.1 Å². The number of carbonyl (C=O) groups excluding carboxylic acids is 2. The monoisotopic (exact) mass is 346 g/mol. The first kappa shape index (κ1) is 19.1. The minimum Gasteiger partial charge on any atom is -0.467 e. The summed E-state index contributed by atoms with van der Waals surface area (Å²) in [6.45, 7) is 5.58. The first-order valence-electron chi connectivity index (χ1n) is 8.58. The van der Waals surface area contributed by atoms with Crippen LogP contribution in [0.3, 0.4) is 0 Å². The van der Waals surface area contributed by atoms with E-state index in [2.05, 4.69) is 24.5 Å². The molecule has 1 aliphatic heterocycles. The molecule has 1 heterocycles. The summed E-state index contributed by atoms with van der Waals surface area (Å²) in [4.78, 5) is 25.0. The van der Waals surface area contributed by atoms with Crippen LogP contribution in [0.1, 0.15) is 46.0 Å². The number of carbonyl (C=O) groups is 2. The molecule has 138 valence electrons. The molecule has 2 N–H and O–H groups in total. The van der Waals surface area contributed by atoms with E-state index in [1.807, 2.05) is 0 Å². The number of nitrogens with one attached hydrogen (secondary N) is 2. The van der Waals surface area contributed by atoms with E-state index in [-0.39, 0.29) is 42.9 Å². The first-order chi connectivity index (χ1) is 11.2. The van der Waals surface area contributed by atoms with Crippen LogP contribution in [0.4, 0.5) is 8.78 Å². The highest BCUT2D eigenvalue weighted by molar-refractivity contribution is 5.89. The van der Waals surface area contributed by atoms with Crippen LogP contribution in [0, 0.1) is 17.3 Å². The third-order valence-corrected chi connectivity index (χ3v) is 5.34. The van der Waals surface area contributed by atoms with Crippen molar-refractivity contribution in [3.63, 3.8) is 0 Å². The Bertz CT molecular complexity index is 474. The van der Waals surface area contributed by atoms with E-state index in [4.69, 9.17) is 4.74 Å². The number of ether oxygens (including phenoxy) is 1. The van der Waals surface area contributed by atoms with Crippen molar-refractivity contribution in [1.82, 2.24) is 10.6 Å². The largest absolute Gasteiger partial charge is 0.467 e. The summed E-state index contributed by atoms with van der Waals surface area (Å²) in [5.74, 6) is -1.68. The molecular formula is C17H28F2N2O3. The second-order valence-electron chi connectivity index (χ2n) is 7.93. The van der Waals surface area contributed by atoms with Crippen molar-refractivity contribution in [2.75, 3.05) is 20.2 Å². The van der Waals surface area contributed by atoms with E-state index < -0.39 is 23.9 Å². The molecule has 0 aromatic heterocycles. The summed E-state index contributed by atoms with van der Waals surface area (Å²) < 4.78 is 30.6. The lowest BCUT2D eigenvalue weighted by atomic mass is 9.75. The van der Waals surface area contributed by atoms with Crippen LogP contribution in [-0.4, -0.2) is 44.0 Å². The molecular weight excluding hydrogens is 318 g/mol. The number of piperidine rings is 1. The third kappa shape index (κ3) is 4.23. The second-order valence-corrected chi connectivity index (χ2v) is 7.93. The Kier molecular flexibility index (Phi) is 5.83. The third-order valence-electron chi connectivity index (χ3n) is 5.34.